The Bertz CT molecular complexity index is 641. The standard InChI is InChI=1S/C11H8ClN3OS/c12-7-2-1-3-13-9(7)10-14-8-5-17-4-6(8)11(16)15-10/h1-3H,4-5H2,(H,14,15,16). The van der Waals surface area contributed by atoms with E-state index < -0.39 is 0 Å². The Morgan fingerprint density at radius 2 is 2.29 bits per heavy atom. The van der Waals surface area contributed by atoms with Crippen molar-refractivity contribution in [3.05, 3.63) is 45.0 Å². The molecular formula is C11H8ClN3OS. The third-order valence-electron chi connectivity index (χ3n) is 2.57. The summed E-state index contributed by atoms with van der Waals surface area (Å²) < 4.78 is 0. The molecule has 3 rings (SSSR count). The molecule has 0 bridgehead atoms. The van der Waals surface area contributed by atoms with Gasteiger partial charge >= 0.3 is 0 Å². The molecule has 0 saturated carbocycles. The summed E-state index contributed by atoms with van der Waals surface area (Å²) in [5.74, 6) is 1.95. The molecule has 1 aliphatic heterocycles. The molecule has 4 nitrogen and oxygen atoms in total. The fourth-order valence-corrected chi connectivity index (χ4v) is 2.98. The summed E-state index contributed by atoms with van der Waals surface area (Å²) in [6, 6.07) is 3.47. The summed E-state index contributed by atoms with van der Waals surface area (Å²) in [5.41, 5.74) is 2.05. The van der Waals surface area contributed by atoms with Crippen LogP contribution in [0.1, 0.15) is 11.3 Å². The van der Waals surface area contributed by atoms with Crippen LogP contribution in [-0.4, -0.2) is 15.0 Å². The third kappa shape index (κ3) is 1.85. The first-order valence-corrected chi connectivity index (χ1v) is 6.59. The molecule has 17 heavy (non-hydrogen) atoms. The molecule has 0 spiro atoms. The van der Waals surface area contributed by atoms with Gasteiger partial charge < -0.3 is 4.98 Å². The highest BCUT2D eigenvalue weighted by Gasteiger charge is 2.19. The molecule has 2 aromatic rings. The Labute approximate surface area is 106 Å². The van der Waals surface area contributed by atoms with Gasteiger partial charge in [0.1, 0.15) is 5.69 Å². The molecule has 0 radical (unpaired) electrons. The number of halogens is 1. The van der Waals surface area contributed by atoms with Gasteiger partial charge in [0, 0.05) is 23.3 Å². The van der Waals surface area contributed by atoms with Gasteiger partial charge in [0.25, 0.3) is 5.56 Å². The van der Waals surface area contributed by atoms with Gasteiger partial charge in [-0.15, -0.1) is 0 Å². The molecule has 86 valence electrons. The van der Waals surface area contributed by atoms with Gasteiger partial charge in [0.05, 0.1) is 10.7 Å². The Morgan fingerprint density at radius 3 is 3.12 bits per heavy atom. The lowest BCUT2D eigenvalue weighted by Crippen LogP contribution is -2.15. The Balaban J connectivity index is 2.20. The van der Waals surface area contributed by atoms with Crippen LogP contribution in [0, 0.1) is 0 Å². The summed E-state index contributed by atoms with van der Waals surface area (Å²) in [6.45, 7) is 0. The minimum absolute atomic E-state index is 0.0864. The molecule has 0 saturated heterocycles. The van der Waals surface area contributed by atoms with Crippen LogP contribution in [0.15, 0.2) is 23.1 Å². The zero-order valence-corrected chi connectivity index (χ0v) is 10.3. The first-order valence-electron chi connectivity index (χ1n) is 5.06. The smallest absolute Gasteiger partial charge is 0.255 e. The van der Waals surface area contributed by atoms with E-state index in [0.717, 1.165) is 22.8 Å². The van der Waals surface area contributed by atoms with Crippen molar-refractivity contribution < 1.29 is 0 Å². The van der Waals surface area contributed by atoms with Crippen LogP contribution in [0.25, 0.3) is 11.5 Å². The van der Waals surface area contributed by atoms with E-state index in [9.17, 15) is 4.79 Å². The highest BCUT2D eigenvalue weighted by atomic mass is 35.5. The normalized spacial score (nSPS) is 13.7. The predicted molar refractivity (Wildman–Crippen MR) is 68.1 cm³/mol. The molecule has 0 aromatic carbocycles. The number of pyridine rings is 1. The van der Waals surface area contributed by atoms with E-state index in [1.54, 1.807) is 30.1 Å². The fourth-order valence-electron chi connectivity index (χ4n) is 1.73. The lowest BCUT2D eigenvalue weighted by atomic mass is 10.2. The molecule has 1 aliphatic rings. The van der Waals surface area contributed by atoms with Crippen molar-refractivity contribution in [3.8, 4) is 11.5 Å². The number of nitrogens with zero attached hydrogens (tertiary/aromatic N) is 2. The average molecular weight is 266 g/mol. The minimum atomic E-state index is -0.0864. The van der Waals surface area contributed by atoms with Crippen molar-refractivity contribution in [2.75, 3.05) is 0 Å². The van der Waals surface area contributed by atoms with Crippen LogP contribution in [0.3, 0.4) is 0 Å². The van der Waals surface area contributed by atoms with E-state index in [-0.39, 0.29) is 5.56 Å². The molecule has 0 unspecified atom stereocenters. The molecule has 0 fully saturated rings. The predicted octanol–water partition coefficient (Wildman–Crippen LogP) is 2.23. The van der Waals surface area contributed by atoms with Crippen molar-refractivity contribution in [1.29, 1.82) is 0 Å². The van der Waals surface area contributed by atoms with Gasteiger partial charge in [-0.3, -0.25) is 9.78 Å². The van der Waals surface area contributed by atoms with Crippen LogP contribution < -0.4 is 5.56 Å². The van der Waals surface area contributed by atoms with Crippen LogP contribution in [-0.2, 0) is 11.5 Å². The number of hydrogen-bond donors (Lipinski definition) is 1. The molecule has 0 aliphatic carbocycles. The number of rotatable bonds is 1. The summed E-state index contributed by atoms with van der Waals surface area (Å²) in [5, 5.41) is 0.487. The summed E-state index contributed by atoms with van der Waals surface area (Å²) in [4.78, 5) is 23.1. The van der Waals surface area contributed by atoms with Crippen molar-refractivity contribution in [2.24, 2.45) is 0 Å². The van der Waals surface area contributed by atoms with Crippen molar-refractivity contribution >= 4 is 23.4 Å². The lowest BCUT2D eigenvalue weighted by Gasteiger charge is -2.04. The van der Waals surface area contributed by atoms with Crippen molar-refractivity contribution in [2.45, 2.75) is 11.5 Å². The van der Waals surface area contributed by atoms with Crippen LogP contribution in [0.4, 0.5) is 0 Å². The van der Waals surface area contributed by atoms with Gasteiger partial charge in [0.15, 0.2) is 5.82 Å². The number of fused-ring (bicyclic) bond motifs is 1. The lowest BCUT2D eigenvalue weighted by molar-refractivity contribution is 1.02. The summed E-state index contributed by atoms with van der Waals surface area (Å²) in [6.07, 6.45) is 1.63. The molecule has 3 heterocycles. The molecule has 1 N–H and O–H groups in total. The second-order valence-corrected chi connectivity index (χ2v) is 5.06. The van der Waals surface area contributed by atoms with Gasteiger partial charge in [-0.25, -0.2) is 4.98 Å². The number of nitrogens with one attached hydrogen (secondary N) is 1. The fraction of sp³-hybridized carbons (Fsp3) is 0.182. The monoisotopic (exact) mass is 265 g/mol. The van der Waals surface area contributed by atoms with Crippen LogP contribution >= 0.6 is 23.4 Å². The highest BCUT2D eigenvalue weighted by molar-refractivity contribution is 7.98. The zero-order valence-electron chi connectivity index (χ0n) is 8.74. The van der Waals surface area contributed by atoms with Crippen molar-refractivity contribution in [3.63, 3.8) is 0 Å². The maximum Gasteiger partial charge on any atom is 0.255 e. The average Bonchev–Trinajstić information content (AvgIpc) is 2.78. The third-order valence-corrected chi connectivity index (χ3v) is 3.84. The molecule has 2 aromatic heterocycles. The largest absolute Gasteiger partial charge is 0.305 e. The number of aromatic amines is 1. The maximum atomic E-state index is 11.8. The number of H-pyrrole nitrogens is 1. The van der Waals surface area contributed by atoms with Crippen LogP contribution in [0.5, 0.6) is 0 Å². The highest BCUT2D eigenvalue weighted by Crippen LogP contribution is 2.28. The van der Waals surface area contributed by atoms with Gasteiger partial charge in [0.2, 0.25) is 0 Å². The minimum Gasteiger partial charge on any atom is -0.305 e. The SMILES string of the molecule is O=c1[nH]c(-c2ncccc2Cl)nc2c1CSC2. The molecule has 0 atom stereocenters. The van der Waals surface area contributed by atoms with E-state index in [0.29, 0.717) is 16.5 Å². The van der Waals surface area contributed by atoms with E-state index in [1.165, 1.54) is 0 Å². The van der Waals surface area contributed by atoms with E-state index >= 15 is 0 Å². The topological polar surface area (TPSA) is 58.6 Å². The van der Waals surface area contributed by atoms with E-state index in [1.807, 2.05) is 0 Å². The quantitative estimate of drug-likeness (QED) is 0.859. The number of hydrogen-bond acceptors (Lipinski definition) is 4. The number of thioether (sulfide) groups is 1. The Morgan fingerprint density at radius 1 is 1.41 bits per heavy atom. The molecule has 6 heteroatoms. The van der Waals surface area contributed by atoms with E-state index in [4.69, 9.17) is 11.6 Å². The molecular weight excluding hydrogens is 258 g/mol. The Hall–Kier alpha value is -1.33. The second-order valence-electron chi connectivity index (χ2n) is 3.67. The second kappa shape index (κ2) is 4.16. The van der Waals surface area contributed by atoms with Crippen LogP contribution in [0.2, 0.25) is 5.02 Å². The van der Waals surface area contributed by atoms with E-state index in [2.05, 4.69) is 15.0 Å². The number of aromatic nitrogens is 3. The van der Waals surface area contributed by atoms with Crippen molar-refractivity contribution in [1.82, 2.24) is 15.0 Å². The Kier molecular flexibility index (Phi) is 2.64. The first-order chi connectivity index (χ1) is 8.25. The summed E-state index contributed by atoms with van der Waals surface area (Å²) in [7, 11) is 0. The maximum absolute atomic E-state index is 11.8. The van der Waals surface area contributed by atoms with Gasteiger partial charge in [-0.1, -0.05) is 11.6 Å². The molecule has 0 amide bonds. The van der Waals surface area contributed by atoms with Gasteiger partial charge in [-0.2, -0.15) is 11.8 Å². The zero-order chi connectivity index (χ0) is 11.8. The summed E-state index contributed by atoms with van der Waals surface area (Å²) >= 11 is 7.72. The first kappa shape index (κ1) is 10.8. The van der Waals surface area contributed by atoms with Gasteiger partial charge in [-0.05, 0) is 12.1 Å².